The fourth-order valence-electron chi connectivity index (χ4n) is 13.6. The van der Waals surface area contributed by atoms with Crippen molar-refractivity contribution in [2.45, 2.75) is 11.2 Å². The van der Waals surface area contributed by atoms with Gasteiger partial charge in [0.05, 0.1) is 476 Å². The second-order valence-corrected chi connectivity index (χ2v) is 31.7. The zero-order chi connectivity index (χ0) is 103. The number of rotatable bonds is 116. The minimum Gasteiger partial charge on any atom is -0.377 e. The van der Waals surface area contributed by atoms with Crippen LogP contribution in [0.3, 0.4) is 0 Å². The van der Waals surface area contributed by atoms with E-state index in [9.17, 15) is 0 Å². The Morgan fingerprint density at radius 2 is 0.143 bits per heavy atom. The van der Waals surface area contributed by atoms with E-state index in [0.29, 0.717) is 476 Å². The van der Waals surface area contributed by atoms with Crippen molar-refractivity contribution in [1.82, 2.24) is 0 Å². The summed E-state index contributed by atoms with van der Waals surface area (Å²) in [6, 6.07) is 61.9. The topological polar surface area (TPSA) is 342 Å². The lowest BCUT2D eigenvalue weighted by molar-refractivity contribution is -0.0400. The lowest BCUT2D eigenvalue weighted by Gasteiger charge is -2.36. The maximum atomic E-state index is 6.76. The molecular weight excluding hydrogens is 1910 g/mol. The Kier molecular flexibility index (Phi) is 89.5. The summed E-state index contributed by atoms with van der Waals surface area (Å²) in [5, 5.41) is 0. The minimum absolute atomic E-state index is 0.403. The van der Waals surface area contributed by atoms with Crippen LogP contribution in [0.4, 0.5) is 0 Å². The van der Waals surface area contributed by atoms with Gasteiger partial charge in [-0.25, -0.2) is 0 Å². The van der Waals surface area contributed by atoms with Gasteiger partial charge >= 0.3 is 0 Å². The summed E-state index contributed by atoms with van der Waals surface area (Å²) in [6.45, 7) is 33.9. The van der Waals surface area contributed by atoms with Crippen molar-refractivity contribution in [3.8, 4) is 0 Å². The fraction of sp³-hybridized carbons (Fsp3) is 0.673. The molecule has 0 spiro atoms. The van der Waals surface area contributed by atoms with Crippen LogP contribution in [-0.4, -0.2) is 476 Å². The first kappa shape index (κ1) is 129. The molecule has 0 aromatic heterocycles. The summed E-state index contributed by atoms with van der Waals surface area (Å²) in [4.78, 5) is 0. The Labute approximate surface area is 873 Å². The normalized spacial score (nSPS) is 11.9. The van der Waals surface area contributed by atoms with Crippen LogP contribution in [0, 0.1) is 0 Å². The molecule has 0 aliphatic rings. The molecule has 0 radical (unpaired) electrons. The first-order valence-electron chi connectivity index (χ1n) is 52.2. The summed E-state index contributed by atoms with van der Waals surface area (Å²) in [7, 11) is 0. The summed E-state index contributed by atoms with van der Waals surface area (Å²) < 4.78 is 209. The van der Waals surface area contributed by atoms with E-state index in [4.69, 9.17) is 175 Å². The molecule has 0 unspecified atom stereocenters. The quantitative estimate of drug-likeness (QED) is 0.0253. The third-order valence-corrected chi connectivity index (χ3v) is 20.8. The molecular formula is C110H174O37. The molecule has 0 bridgehead atoms. The van der Waals surface area contributed by atoms with Crippen LogP contribution in [0.5, 0.6) is 0 Å². The van der Waals surface area contributed by atoms with Crippen LogP contribution in [0.1, 0.15) is 33.4 Å². The molecule has 6 aromatic rings. The predicted molar refractivity (Wildman–Crippen MR) is 549 cm³/mol. The van der Waals surface area contributed by atoms with E-state index in [1.54, 1.807) is 0 Å². The zero-order valence-electron chi connectivity index (χ0n) is 87.3. The number of ether oxygens (including phenoxy) is 37. The van der Waals surface area contributed by atoms with Gasteiger partial charge in [-0.2, -0.15) is 0 Å². The van der Waals surface area contributed by atoms with E-state index < -0.39 is 11.2 Å². The molecule has 37 heteroatoms. The highest BCUT2D eigenvalue weighted by Gasteiger charge is 2.39. The lowest BCUT2D eigenvalue weighted by Crippen LogP contribution is -2.34. The second-order valence-electron chi connectivity index (χ2n) is 31.7. The maximum Gasteiger partial charge on any atom is 0.143 e. The monoisotopic (exact) mass is 2090 g/mol. The Morgan fingerprint density at radius 3 is 0.211 bits per heavy atom. The molecule has 147 heavy (non-hydrogen) atoms. The fourth-order valence-corrected chi connectivity index (χ4v) is 13.6. The van der Waals surface area contributed by atoms with Gasteiger partial charge in [-0.15, -0.1) is 0 Å². The molecule has 0 fully saturated rings. The Balaban J connectivity index is 0.505. The van der Waals surface area contributed by atoms with Gasteiger partial charge < -0.3 is 175 Å². The summed E-state index contributed by atoms with van der Waals surface area (Å²) >= 11 is 0. The van der Waals surface area contributed by atoms with Crippen molar-refractivity contribution in [1.29, 1.82) is 0 Å². The van der Waals surface area contributed by atoms with E-state index in [-0.39, 0.29) is 0 Å². The highest BCUT2D eigenvalue weighted by Crippen LogP contribution is 2.42. The maximum absolute atomic E-state index is 6.76. The van der Waals surface area contributed by atoms with Crippen LogP contribution in [0.15, 0.2) is 182 Å². The molecule has 836 valence electrons. The van der Waals surface area contributed by atoms with Gasteiger partial charge in [-0.05, 0) is 33.4 Å². The average Bonchev–Trinajstić information content (AvgIpc) is 0.762. The number of hydrogen-bond donors (Lipinski definition) is 0. The largest absolute Gasteiger partial charge is 0.377 e. The van der Waals surface area contributed by atoms with Gasteiger partial charge in [0.1, 0.15) is 11.2 Å². The summed E-state index contributed by atoms with van der Waals surface area (Å²) in [5.41, 5.74) is 4.81. The molecule has 0 atom stereocenters. The third kappa shape index (κ3) is 72.2. The highest BCUT2D eigenvalue weighted by molar-refractivity contribution is 5.49. The molecule has 37 nitrogen and oxygen atoms in total. The summed E-state index contributed by atoms with van der Waals surface area (Å²) in [6.07, 6.45) is 0. The van der Waals surface area contributed by atoms with Crippen LogP contribution in [0.25, 0.3) is 0 Å². The van der Waals surface area contributed by atoms with Crippen molar-refractivity contribution in [3.63, 3.8) is 0 Å². The minimum atomic E-state index is -0.769. The second kappa shape index (κ2) is 102. The van der Waals surface area contributed by atoms with Crippen molar-refractivity contribution >= 4 is 0 Å². The number of benzene rings is 6. The molecule has 6 rings (SSSR count). The van der Waals surface area contributed by atoms with Crippen molar-refractivity contribution in [2.75, 3.05) is 476 Å². The summed E-state index contributed by atoms with van der Waals surface area (Å²) in [5.74, 6) is 0. The Bertz CT molecular complexity index is 3160. The highest BCUT2D eigenvalue weighted by atomic mass is 16.6. The smallest absolute Gasteiger partial charge is 0.143 e. The lowest BCUT2D eigenvalue weighted by atomic mass is 9.80. The number of hydrogen-bond acceptors (Lipinski definition) is 37. The predicted octanol–water partition coefficient (Wildman–Crippen LogP) is 9.58. The molecule has 0 N–H and O–H groups in total. The van der Waals surface area contributed by atoms with E-state index in [1.165, 1.54) is 0 Å². The molecule has 0 aliphatic carbocycles. The van der Waals surface area contributed by atoms with Crippen molar-refractivity contribution in [2.24, 2.45) is 0 Å². The van der Waals surface area contributed by atoms with Crippen LogP contribution in [-0.2, 0) is 186 Å². The molecule has 0 heterocycles. The Morgan fingerprint density at radius 1 is 0.0816 bits per heavy atom. The van der Waals surface area contributed by atoms with Crippen molar-refractivity contribution < 1.29 is 175 Å². The third-order valence-electron chi connectivity index (χ3n) is 20.8. The van der Waals surface area contributed by atoms with Gasteiger partial charge in [0, 0.05) is 0 Å². The van der Waals surface area contributed by atoms with E-state index >= 15 is 0 Å². The van der Waals surface area contributed by atoms with Gasteiger partial charge in [0.2, 0.25) is 0 Å². The van der Waals surface area contributed by atoms with Crippen molar-refractivity contribution in [3.05, 3.63) is 215 Å². The Hall–Kier alpha value is -6.16. The van der Waals surface area contributed by atoms with E-state index in [0.717, 1.165) is 33.4 Å². The first-order valence-corrected chi connectivity index (χ1v) is 52.2. The van der Waals surface area contributed by atoms with Gasteiger partial charge in [-0.3, -0.25) is 0 Å². The SMILES string of the molecule is c1ccc(C(OCCOCCOCCOCCOCCOCCOCCOCCOCCOCCOCCOCCOCCOCCOCCOCCOCCOCCOCCOCCOCCOCCOCCOCCOCCOCCOCCOCCOCCOCCOCCOCCOCCOCCOCCOCCOC(c2ccccc2)(c2ccccc2)c2ccccc2)(c2ccccc2)c2ccccc2)cc1. The van der Waals surface area contributed by atoms with Crippen LogP contribution in [0.2, 0.25) is 0 Å². The standard InChI is InChI=1S/C110H174O37/c1-7-19-103(20-8-1)109(104-21-9-2-10-22-104,105-23-11-3-12-24-105)146-101-99-144-97-95-142-93-91-140-89-87-138-85-83-136-81-79-134-77-75-132-73-71-130-69-67-128-65-63-126-61-59-124-57-55-122-53-51-120-49-47-118-45-43-116-41-39-114-37-35-112-33-31-111-32-34-113-36-38-115-40-42-117-44-46-119-48-50-121-52-54-123-56-58-125-60-62-127-64-66-129-68-70-131-72-74-133-76-78-135-80-82-137-84-86-139-88-90-141-92-94-143-96-98-145-100-102-147-110(106-25-13-4-14-26-106,107-27-15-5-16-28-107)108-29-17-6-18-30-108/h1-30H,31-102H2. The van der Waals surface area contributed by atoms with Gasteiger partial charge in [0.15, 0.2) is 0 Å². The average molecular weight is 2090 g/mol. The first-order chi connectivity index (χ1) is 73.3. The van der Waals surface area contributed by atoms with Crippen LogP contribution >= 0.6 is 0 Å². The molecule has 0 amide bonds. The van der Waals surface area contributed by atoms with Gasteiger partial charge in [-0.1, -0.05) is 182 Å². The molecule has 6 aromatic carbocycles. The molecule has 0 saturated carbocycles. The molecule has 0 saturated heterocycles. The van der Waals surface area contributed by atoms with E-state index in [1.807, 2.05) is 109 Å². The van der Waals surface area contributed by atoms with Crippen LogP contribution < -0.4 is 0 Å². The molecule has 0 aliphatic heterocycles. The zero-order valence-corrected chi connectivity index (χ0v) is 87.3. The van der Waals surface area contributed by atoms with E-state index in [2.05, 4.69) is 72.8 Å². The van der Waals surface area contributed by atoms with Gasteiger partial charge in [0.25, 0.3) is 0 Å².